The molecule has 0 fully saturated rings. The first kappa shape index (κ1) is 6.99. The molecule has 54 valence electrons. The topological polar surface area (TPSA) is 49.7 Å². The van der Waals surface area contributed by atoms with Gasteiger partial charge in [0.25, 0.3) is 0 Å². The van der Waals surface area contributed by atoms with Crippen LogP contribution in [0, 0.1) is 5.92 Å². The van der Waals surface area contributed by atoms with Crippen molar-refractivity contribution in [3.05, 3.63) is 12.2 Å². The average molecular weight is 139 g/mol. The molecular formula is C7H9NO2. The molecule has 0 saturated carbocycles. The number of Topliss-reactive ketones (excluding diaryl/α,β-unsaturated/α-hetero) is 1. The van der Waals surface area contributed by atoms with Crippen molar-refractivity contribution >= 4 is 11.5 Å². The van der Waals surface area contributed by atoms with E-state index in [4.69, 9.17) is 5.21 Å². The predicted molar refractivity (Wildman–Crippen MR) is 37.1 cm³/mol. The highest BCUT2D eigenvalue weighted by molar-refractivity contribution is 6.44. The van der Waals surface area contributed by atoms with Crippen molar-refractivity contribution < 1.29 is 10.0 Å². The zero-order chi connectivity index (χ0) is 7.56. The zero-order valence-electron chi connectivity index (χ0n) is 5.74. The molecule has 1 rings (SSSR count). The molecule has 0 amide bonds. The molecule has 3 nitrogen and oxygen atoms in total. The van der Waals surface area contributed by atoms with Crippen LogP contribution in [0.25, 0.3) is 0 Å². The van der Waals surface area contributed by atoms with E-state index in [1.54, 1.807) is 6.08 Å². The van der Waals surface area contributed by atoms with Gasteiger partial charge >= 0.3 is 0 Å². The summed E-state index contributed by atoms with van der Waals surface area (Å²) in [5.41, 5.74) is 0.165. The lowest BCUT2D eigenvalue weighted by Crippen LogP contribution is -2.18. The van der Waals surface area contributed by atoms with Crippen LogP contribution in [0.3, 0.4) is 0 Å². The van der Waals surface area contributed by atoms with E-state index in [1.807, 2.05) is 13.0 Å². The largest absolute Gasteiger partial charge is 0.410 e. The number of ketones is 1. The van der Waals surface area contributed by atoms with Gasteiger partial charge in [0.2, 0.25) is 0 Å². The number of carbonyl (C=O) groups excluding carboxylic acids is 1. The first-order valence-electron chi connectivity index (χ1n) is 3.17. The molecular weight excluding hydrogens is 130 g/mol. The molecule has 1 unspecified atom stereocenters. The standard InChI is InChI=1S/C7H9NO2/c1-5-2-3-6(8-10)7(9)4-5/h2-3,5,10H,4H2,1H3. The fourth-order valence-electron chi connectivity index (χ4n) is 0.903. The van der Waals surface area contributed by atoms with Crippen molar-refractivity contribution in [2.75, 3.05) is 0 Å². The fraction of sp³-hybridized carbons (Fsp3) is 0.429. The summed E-state index contributed by atoms with van der Waals surface area (Å²) in [7, 11) is 0. The Hall–Kier alpha value is -1.12. The molecule has 0 saturated heterocycles. The van der Waals surface area contributed by atoms with E-state index in [9.17, 15) is 4.79 Å². The lowest BCUT2D eigenvalue weighted by atomic mass is 9.95. The van der Waals surface area contributed by atoms with Crippen LogP contribution in [0.4, 0.5) is 0 Å². The molecule has 0 aromatic heterocycles. The van der Waals surface area contributed by atoms with Gasteiger partial charge in [0.15, 0.2) is 5.78 Å². The second kappa shape index (κ2) is 2.64. The first-order chi connectivity index (χ1) is 4.74. The van der Waals surface area contributed by atoms with Crippen molar-refractivity contribution in [3.63, 3.8) is 0 Å². The lowest BCUT2D eigenvalue weighted by Gasteiger charge is -2.09. The second-order valence-electron chi connectivity index (χ2n) is 2.45. The Morgan fingerprint density at radius 1 is 1.80 bits per heavy atom. The normalized spacial score (nSPS) is 29.5. The maximum Gasteiger partial charge on any atom is 0.185 e. The fourth-order valence-corrected chi connectivity index (χ4v) is 0.903. The maximum absolute atomic E-state index is 10.9. The maximum atomic E-state index is 10.9. The molecule has 0 aromatic carbocycles. The molecule has 0 radical (unpaired) electrons. The Morgan fingerprint density at radius 3 is 3.00 bits per heavy atom. The summed E-state index contributed by atoms with van der Waals surface area (Å²) in [5, 5.41) is 11.1. The van der Waals surface area contributed by atoms with Crippen LogP contribution in [0.5, 0.6) is 0 Å². The monoisotopic (exact) mass is 139 g/mol. The SMILES string of the molecule is CC1C=CC(=NO)C(=O)C1. The van der Waals surface area contributed by atoms with E-state index in [-0.39, 0.29) is 17.4 Å². The Bertz CT molecular complexity index is 206. The summed E-state index contributed by atoms with van der Waals surface area (Å²) in [6.07, 6.45) is 3.86. The number of oxime groups is 1. The van der Waals surface area contributed by atoms with E-state index < -0.39 is 0 Å². The van der Waals surface area contributed by atoms with Gasteiger partial charge in [-0.2, -0.15) is 0 Å². The molecule has 1 atom stereocenters. The third kappa shape index (κ3) is 1.23. The Morgan fingerprint density at radius 2 is 2.50 bits per heavy atom. The third-order valence-corrected chi connectivity index (χ3v) is 1.48. The highest BCUT2D eigenvalue weighted by Gasteiger charge is 2.16. The van der Waals surface area contributed by atoms with E-state index in [1.165, 1.54) is 0 Å². The van der Waals surface area contributed by atoms with E-state index >= 15 is 0 Å². The van der Waals surface area contributed by atoms with Gasteiger partial charge in [-0.15, -0.1) is 0 Å². The van der Waals surface area contributed by atoms with Crippen molar-refractivity contribution in [3.8, 4) is 0 Å². The molecule has 0 aliphatic heterocycles. The van der Waals surface area contributed by atoms with Gasteiger partial charge in [-0.05, 0) is 12.0 Å². The van der Waals surface area contributed by atoms with E-state index in [0.29, 0.717) is 6.42 Å². The van der Waals surface area contributed by atoms with Crippen molar-refractivity contribution in [1.82, 2.24) is 0 Å². The summed E-state index contributed by atoms with van der Waals surface area (Å²) in [5.74, 6) is 0.190. The van der Waals surface area contributed by atoms with Gasteiger partial charge in [0.1, 0.15) is 5.71 Å². The van der Waals surface area contributed by atoms with Crippen molar-refractivity contribution in [2.45, 2.75) is 13.3 Å². The Balaban J connectivity index is 2.82. The lowest BCUT2D eigenvalue weighted by molar-refractivity contribution is -0.113. The van der Waals surface area contributed by atoms with E-state index in [2.05, 4.69) is 5.16 Å². The first-order valence-corrected chi connectivity index (χ1v) is 3.17. The second-order valence-corrected chi connectivity index (χ2v) is 2.45. The quantitative estimate of drug-likeness (QED) is 0.401. The molecule has 3 heteroatoms. The smallest absolute Gasteiger partial charge is 0.185 e. The van der Waals surface area contributed by atoms with Crippen LogP contribution in [-0.4, -0.2) is 16.7 Å². The molecule has 10 heavy (non-hydrogen) atoms. The number of hydrogen-bond donors (Lipinski definition) is 1. The molecule has 0 aromatic rings. The summed E-state index contributed by atoms with van der Waals surface area (Å²) < 4.78 is 0. The van der Waals surface area contributed by atoms with Crippen LogP contribution in [0.2, 0.25) is 0 Å². The van der Waals surface area contributed by atoms with Crippen molar-refractivity contribution in [1.29, 1.82) is 0 Å². The predicted octanol–water partition coefficient (Wildman–Crippen LogP) is 0.982. The van der Waals surface area contributed by atoms with Crippen molar-refractivity contribution in [2.24, 2.45) is 11.1 Å². The molecule has 1 aliphatic carbocycles. The zero-order valence-corrected chi connectivity index (χ0v) is 5.74. The van der Waals surface area contributed by atoms with Gasteiger partial charge in [-0.25, -0.2) is 0 Å². The minimum Gasteiger partial charge on any atom is -0.410 e. The highest BCUT2D eigenvalue weighted by Crippen LogP contribution is 2.11. The molecule has 0 spiro atoms. The minimum atomic E-state index is -0.0856. The Kier molecular flexibility index (Phi) is 1.85. The number of allylic oxidation sites excluding steroid dienone is 2. The number of rotatable bonds is 0. The van der Waals surface area contributed by atoms with E-state index in [0.717, 1.165) is 0 Å². The highest BCUT2D eigenvalue weighted by atomic mass is 16.4. The van der Waals surface area contributed by atoms with Crippen LogP contribution < -0.4 is 0 Å². The number of carbonyl (C=O) groups is 1. The Labute approximate surface area is 59.0 Å². The van der Waals surface area contributed by atoms with Gasteiger partial charge in [-0.3, -0.25) is 4.79 Å². The average Bonchev–Trinajstić information content (AvgIpc) is 1.88. The van der Waals surface area contributed by atoms with Crippen LogP contribution in [-0.2, 0) is 4.79 Å². The molecule has 1 aliphatic rings. The number of nitrogens with zero attached hydrogens (tertiary/aromatic N) is 1. The van der Waals surface area contributed by atoms with Gasteiger partial charge in [-0.1, -0.05) is 18.2 Å². The molecule has 0 bridgehead atoms. The van der Waals surface area contributed by atoms with Crippen LogP contribution >= 0.6 is 0 Å². The van der Waals surface area contributed by atoms with Crippen LogP contribution in [0.15, 0.2) is 17.3 Å². The summed E-state index contributed by atoms with van der Waals surface area (Å²) in [6.45, 7) is 1.95. The van der Waals surface area contributed by atoms with Gasteiger partial charge in [0.05, 0.1) is 0 Å². The minimum absolute atomic E-state index is 0.0856. The van der Waals surface area contributed by atoms with Gasteiger partial charge in [0, 0.05) is 6.42 Å². The summed E-state index contributed by atoms with van der Waals surface area (Å²) >= 11 is 0. The third-order valence-electron chi connectivity index (χ3n) is 1.48. The molecule has 1 N–H and O–H groups in total. The number of hydrogen-bond acceptors (Lipinski definition) is 3. The molecule has 0 heterocycles. The van der Waals surface area contributed by atoms with Gasteiger partial charge < -0.3 is 5.21 Å². The van der Waals surface area contributed by atoms with Crippen LogP contribution in [0.1, 0.15) is 13.3 Å². The summed E-state index contributed by atoms with van der Waals surface area (Å²) in [6, 6.07) is 0. The summed E-state index contributed by atoms with van der Waals surface area (Å²) in [4.78, 5) is 10.9.